The van der Waals surface area contributed by atoms with Crippen LogP contribution in [0.2, 0.25) is 0 Å². The molecule has 3 rings (SSSR count). The molecule has 2 heterocycles. The number of nitrogens with zero attached hydrogens (tertiary/aromatic N) is 4. The maximum absolute atomic E-state index is 5.77. The van der Waals surface area contributed by atoms with Gasteiger partial charge in [0.1, 0.15) is 0 Å². The molecule has 0 radical (unpaired) electrons. The molecule has 1 unspecified atom stereocenters. The SMILES string of the molecule is CC(N)Cc1cnc(-n2cc(-c3ccccc3)cn2)nc1. The molecule has 0 spiro atoms. The van der Waals surface area contributed by atoms with Gasteiger partial charge in [-0.2, -0.15) is 5.10 Å². The third kappa shape index (κ3) is 3.14. The fraction of sp³-hybridized carbons (Fsp3) is 0.188. The van der Waals surface area contributed by atoms with Crippen LogP contribution in [-0.2, 0) is 6.42 Å². The van der Waals surface area contributed by atoms with Crippen LogP contribution in [0.15, 0.2) is 55.1 Å². The summed E-state index contributed by atoms with van der Waals surface area (Å²) in [5, 5.41) is 4.32. The van der Waals surface area contributed by atoms with E-state index < -0.39 is 0 Å². The van der Waals surface area contributed by atoms with Gasteiger partial charge in [-0.15, -0.1) is 0 Å². The van der Waals surface area contributed by atoms with Gasteiger partial charge in [0.05, 0.1) is 6.20 Å². The Bertz CT molecular complexity index is 701. The van der Waals surface area contributed by atoms with Gasteiger partial charge in [-0.3, -0.25) is 0 Å². The van der Waals surface area contributed by atoms with Crippen LogP contribution in [0, 0.1) is 0 Å². The average molecular weight is 279 g/mol. The molecule has 0 aliphatic heterocycles. The molecule has 0 saturated carbocycles. The lowest BCUT2D eigenvalue weighted by Gasteiger charge is -2.05. The number of aromatic nitrogens is 4. The predicted molar refractivity (Wildman–Crippen MR) is 81.9 cm³/mol. The smallest absolute Gasteiger partial charge is 0.250 e. The molecule has 1 atom stereocenters. The molecule has 106 valence electrons. The Balaban J connectivity index is 1.83. The van der Waals surface area contributed by atoms with Crippen molar-refractivity contribution in [1.29, 1.82) is 0 Å². The molecule has 0 amide bonds. The highest BCUT2D eigenvalue weighted by Crippen LogP contribution is 2.18. The van der Waals surface area contributed by atoms with E-state index in [1.165, 1.54) is 0 Å². The molecular weight excluding hydrogens is 262 g/mol. The molecule has 0 aliphatic carbocycles. The summed E-state index contributed by atoms with van der Waals surface area (Å²) in [6, 6.07) is 10.2. The van der Waals surface area contributed by atoms with Crippen molar-refractivity contribution in [3.63, 3.8) is 0 Å². The van der Waals surface area contributed by atoms with Crippen LogP contribution in [-0.4, -0.2) is 25.8 Å². The molecule has 5 nitrogen and oxygen atoms in total. The summed E-state index contributed by atoms with van der Waals surface area (Å²) in [7, 11) is 0. The topological polar surface area (TPSA) is 69.6 Å². The van der Waals surface area contributed by atoms with Gasteiger partial charge < -0.3 is 5.73 Å². The summed E-state index contributed by atoms with van der Waals surface area (Å²) in [5.41, 5.74) is 8.96. The van der Waals surface area contributed by atoms with Crippen molar-refractivity contribution in [3.8, 4) is 17.1 Å². The first-order valence-electron chi connectivity index (χ1n) is 6.89. The van der Waals surface area contributed by atoms with Crippen molar-refractivity contribution in [2.45, 2.75) is 19.4 Å². The van der Waals surface area contributed by atoms with Gasteiger partial charge in [0.2, 0.25) is 5.95 Å². The highest BCUT2D eigenvalue weighted by Gasteiger charge is 2.06. The zero-order valence-corrected chi connectivity index (χ0v) is 11.8. The van der Waals surface area contributed by atoms with E-state index in [0.29, 0.717) is 5.95 Å². The number of nitrogens with two attached hydrogens (primary N) is 1. The minimum absolute atomic E-state index is 0.105. The molecule has 1 aromatic carbocycles. The van der Waals surface area contributed by atoms with E-state index in [1.807, 2.05) is 49.6 Å². The summed E-state index contributed by atoms with van der Waals surface area (Å²) in [4.78, 5) is 8.69. The van der Waals surface area contributed by atoms with Gasteiger partial charge in [-0.05, 0) is 24.5 Å². The third-order valence-corrected chi connectivity index (χ3v) is 3.14. The molecule has 5 heteroatoms. The minimum atomic E-state index is 0.105. The summed E-state index contributed by atoms with van der Waals surface area (Å²) in [6.45, 7) is 1.97. The van der Waals surface area contributed by atoms with Crippen LogP contribution in [0.4, 0.5) is 0 Å². The first-order valence-corrected chi connectivity index (χ1v) is 6.89. The van der Waals surface area contributed by atoms with Gasteiger partial charge in [0.25, 0.3) is 0 Å². The van der Waals surface area contributed by atoms with E-state index >= 15 is 0 Å². The fourth-order valence-corrected chi connectivity index (χ4v) is 2.16. The van der Waals surface area contributed by atoms with Crippen LogP contribution >= 0.6 is 0 Å². The second-order valence-corrected chi connectivity index (χ2v) is 5.11. The quantitative estimate of drug-likeness (QED) is 0.795. The Hall–Kier alpha value is -2.53. The molecule has 21 heavy (non-hydrogen) atoms. The van der Waals surface area contributed by atoms with Gasteiger partial charge in [0.15, 0.2) is 0 Å². The predicted octanol–water partition coefficient (Wildman–Crippen LogP) is 2.22. The maximum Gasteiger partial charge on any atom is 0.250 e. The van der Waals surface area contributed by atoms with Crippen LogP contribution in [0.5, 0.6) is 0 Å². The van der Waals surface area contributed by atoms with Crippen molar-refractivity contribution in [3.05, 3.63) is 60.7 Å². The molecule has 0 aliphatic rings. The highest BCUT2D eigenvalue weighted by molar-refractivity contribution is 5.61. The number of rotatable bonds is 4. The largest absolute Gasteiger partial charge is 0.328 e. The summed E-state index contributed by atoms with van der Waals surface area (Å²) in [5.74, 6) is 0.561. The lowest BCUT2D eigenvalue weighted by Crippen LogP contribution is -2.18. The van der Waals surface area contributed by atoms with Crippen LogP contribution in [0.3, 0.4) is 0 Å². The van der Waals surface area contributed by atoms with E-state index in [4.69, 9.17) is 5.73 Å². The normalized spacial score (nSPS) is 12.3. The van der Waals surface area contributed by atoms with Crippen molar-refractivity contribution in [1.82, 2.24) is 19.7 Å². The third-order valence-electron chi connectivity index (χ3n) is 3.14. The zero-order chi connectivity index (χ0) is 14.7. The van der Waals surface area contributed by atoms with E-state index in [9.17, 15) is 0 Å². The first-order chi connectivity index (χ1) is 10.2. The Morgan fingerprint density at radius 3 is 2.43 bits per heavy atom. The standard InChI is InChI=1S/C16H17N5/c1-12(17)7-13-8-18-16(19-9-13)21-11-15(10-20-21)14-5-3-2-4-6-14/h2-6,8-12H,7,17H2,1H3. The second kappa shape index (κ2) is 5.85. The summed E-state index contributed by atoms with van der Waals surface area (Å²) < 4.78 is 1.68. The van der Waals surface area contributed by atoms with Gasteiger partial charge in [-0.1, -0.05) is 30.3 Å². The lowest BCUT2D eigenvalue weighted by atomic mass is 10.1. The van der Waals surface area contributed by atoms with Crippen molar-refractivity contribution >= 4 is 0 Å². The van der Waals surface area contributed by atoms with Crippen molar-refractivity contribution in [2.75, 3.05) is 0 Å². The van der Waals surface area contributed by atoms with Crippen LogP contribution in [0.1, 0.15) is 12.5 Å². The van der Waals surface area contributed by atoms with Gasteiger partial charge >= 0.3 is 0 Å². The van der Waals surface area contributed by atoms with Crippen LogP contribution < -0.4 is 5.73 Å². The lowest BCUT2D eigenvalue weighted by molar-refractivity contribution is 0.725. The van der Waals surface area contributed by atoms with E-state index in [2.05, 4.69) is 15.1 Å². The Morgan fingerprint density at radius 2 is 1.76 bits per heavy atom. The zero-order valence-electron chi connectivity index (χ0n) is 11.8. The first kappa shape index (κ1) is 13.5. The molecule has 0 fully saturated rings. The van der Waals surface area contributed by atoms with Crippen molar-refractivity contribution in [2.24, 2.45) is 5.73 Å². The van der Waals surface area contributed by atoms with E-state index in [0.717, 1.165) is 23.1 Å². The van der Waals surface area contributed by atoms with E-state index in [1.54, 1.807) is 17.1 Å². The monoisotopic (exact) mass is 279 g/mol. The Labute approximate surface area is 123 Å². The number of hydrogen-bond donors (Lipinski definition) is 1. The number of benzene rings is 1. The molecule has 2 N–H and O–H groups in total. The van der Waals surface area contributed by atoms with Gasteiger partial charge in [0, 0.05) is 30.2 Å². The van der Waals surface area contributed by atoms with Crippen LogP contribution in [0.25, 0.3) is 17.1 Å². The van der Waals surface area contributed by atoms with Crippen molar-refractivity contribution < 1.29 is 0 Å². The Kier molecular flexibility index (Phi) is 3.75. The van der Waals surface area contributed by atoms with Gasteiger partial charge in [-0.25, -0.2) is 14.6 Å². The average Bonchev–Trinajstić information content (AvgIpc) is 2.98. The Morgan fingerprint density at radius 1 is 1.05 bits per heavy atom. The molecule has 3 aromatic rings. The number of hydrogen-bond acceptors (Lipinski definition) is 4. The highest BCUT2D eigenvalue weighted by atomic mass is 15.3. The second-order valence-electron chi connectivity index (χ2n) is 5.11. The molecular formula is C16H17N5. The molecule has 0 saturated heterocycles. The molecule has 0 bridgehead atoms. The summed E-state index contributed by atoms with van der Waals surface area (Å²) >= 11 is 0. The summed E-state index contributed by atoms with van der Waals surface area (Å²) in [6.07, 6.45) is 8.12. The molecule has 2 aromatic heterocycles. The minimum Gasteiger partial charge on any atom is -0.328 e. The fourth-order valence-electron chi connectivity index (χ4n) is 2.16. The van der Waals surface area contributed by atoms with E-state index in [-0.39, 0.29) is 6.04 Å². The maximum atomic E-state index is 5.77.